The van der Waals surface area contributed by atoms with Gasteiger partial charge in [-0.05, 0) is 43.2 Å². The Balaban J connectivity index is 1.69. The number of carbonyl (C=O) groups excluding carboxylic acids is 2. The van der Waals surface area contributed by atoms with Crippen LogP contribution >= 0.6 is 23.1 Å². The summed E-state index contributed by atoms with van der Waals surface area (Å²) in [6.07, 6.45) is 4.62. The predicted molar refractivity (Wildman–Crippen MR) is 140 cm³/mol. The molecule has 1 aromatic carbocycles. The molecule has 0 aliphatic carbocycles. The molecule has 0 saturated heterocycles. The zero-order valence-electron chi connectivity index (χ0n) is 20.2. The third-order valence-corrected chi connectivity index (χ3v) is 7.19. The van der Waals surface area contributed by atoms with Crippen LogP contribution in [0.4, 0.5) is 5.00 Å². The highest BCUT2D eigenvalue weighted by Gasteiger charge is 2.19. The molecule has 0 saturated carbocycles. The minimum Gasteiger partial charge on any atom is -0.494 e. The number of methoxy groups -OCH3 is 1. The zero-order chi connectivity index (χ0) is 25.2. The number of hydrogen-bond donors (Lipinski definition) is 1. The van der Waals surface area contributed by atoms with E-state index in [0.29, 0.717) is 34.7 Å². The smallest absolute Gasteiger partial charge is 0.340 e. The Morgan fingerprint density at radius 1 is 1.23 bits per heavy atom. The van der Waals surface area contributed by atoms with Crippen molar-refractivity contribution >= 4 is 40.0 Å². The first-order valence-corrected chi connectivity index (χ1v) is 13.2. The molecule has 0 radical (unpaired) electrons. The van der Waals surface area contributed by atoms with Crippen molar-refractivity contribution in [2.24, 2.45) is 0 Å². The molecule has 35 heavy (non-hydrogen) atoms. The number of hydrogen-bond acceptors (Lipinski definition) is 8. The number of benzene rings is 1. The van der Waals surface area contributed by atoms with Crippen LogP contribution in [0.3, 0.4) is 0 Å². The van der Waals surface area contributed by atoms with E-state index in [2.05, 4.69) is 29.0 Å². The van der Waals surface area contributed by atoms with Crippen LogP contribution in [0.15, 0.2) is 48.1 Å². The first kappa shape index (κ1) is 26.5. The molecule has 8 nitrogen and oxygen atoms in total. The van der Waals surface area contributed by atoms with Crippen LogP contribution < -0.4 is 10.1 Å². The van der Waals surface area contributed by atoms with Gasteiger partial charge in [-0.2, -0.15) is 0 Å². The van der Waals surface area contributed by atoms with Gasteiger partial charge < -0.3 is 14.8 Å². The number of unbranched alkanes of at least 4 members (excludes halogenated alkanes) is 1. The van der Waals surface area contributed by atoms with E-state index in [1.165, 1.54) is 30.2 Å². The number of amides is 1. The Labute approximate surface area is 213 Å². The zero-order valence-corrected chi connectivity index (χ0v) is 21.8. The van der Waals surface area contributed by atoms with Crippen molar-refractivity contribution in [1.82, 2.24) is 14.8 Å². The van der Waals surface area contributed by atoms with Crippen LogP contribution in [0.2, 0.25) is 0 Å². The molecular formula is C25H30N4O4S2. The molecule has 2 heterocycles. The topological polar surface area (TPSA) is 95.3 Å². The number of rotatable bonds is 13. The average molecular weight is 515 g/mol. The third-order valence-electron chi connectivity index (χ3n) is 5.03. The molecule has 0 atom stereocenters. The largest absolute Gasteiger partial charge is 0.494 e. The van der Waals surface area contributed by atoms with Crippen molar-refractivity contribution in [3.63, 3.8) is 0 Å². The number of thioether (sulfide) groups is 1. The van der Waals surface area contributed by atoms with E-state index in [1.807, 2.05) is 35.8 Å². The highest BCUT2D eigenvalue weighted by atomic mass is 32.2. The first-order valence-electron chi connectivity index (χ1n) is 11.4. The monoisotopic (exact) mass is 514 g/mol. The van der Waals surface area contributed by atoms with Gasteiger partial charge in [0.1, 0.15) is 10.8 Å². The molecule has 0 aliphatic heterocycles. The first-order chi connectivity index (χ1) is 17.0. The number of nitrogens with zero attached hydrogens (tertiary/aromatic N) is 3. The van der Waals surface area contributed by atoms with Gasteiger partial charge in [-0.1, -0.05) is 38.1 Å². The lowest BCUT2D eigenvalue weighted by atomic mass is 10.2. The van der Waals surface area contributed by atoms with Crippen LogP contribution in [0.25, 0.3) is 11.4 Å². The summed E-state index contributed by atoms with van der Waals surface area (Å²) < 4.78 is 12.5. The molecule has 1 amide bonds. The maximum absolute atomic E-state index is 12.7. The molecule has 3 aromatic rings. The lowest BCUT2D eigenvalue weighted by Gasteiger charge is -2.09. The number of anilines is 1. The summed E-state index contributed by atoms with van der Waals surface area (Å²) >= 11 is 2.65. The number of allylic oxidation sites excluding steroid dienone is 1. The molecule has 0 spiro atoms. The van der Waals surface area contributed by atoms with Crippen LogP contribution in [-0.2, 0) is 22.5 Å². The summed E-state index contributed by atoms with van der Waals surface area (Å²) in [7, 11) is 1.32. The Kier molecular flexibility index (Phi) is 9.92. The van der Waals surface area contributed by atoms with E-state index in [-0.39, 0.29) is 11.7 Å². The molecule has 186 valence electrons. The minimum atomic E-state index is -0.471. The number of esters is 1. The second kappa shape index (κ2) is 13.1. The molecule has 0 aliphatic rings. The van der Waals surface area contributed by atoms with Crippen LogP contribution in [0, 0.1) is 0 Å². The van der Waals surface area contributed by atoms with Gasteiger partial charge in [-0.15, -0.1) is 28.1 Å². The second-order valence-corrected chi connectivity index (χ2v) is 9.65. The summed E-state index contributed by atoms with van der Waals surface area (Å²) in [5, 5.41) is 12.6. The van der Waals surface area contributed by atoms with E-state index in [9.17, 15) is 9.59 Å². The van der Waals surface area contributed by atoms with Crippen LogP contribution in [0.5, 0.6) is 5.75 Å². The van der Waals surface area contributed by atoms with E-state index < -0.39 is 5.97 Å². The van der Waals surface area contributed by atoms with Crippen LogP contribution in [0.1, 0.15) is 41.9 Å². The van der Waals surface area contributed by atoms with Crippen molar-refractivity contribution in [2.45, 2.75) is 44.8 Å². The van der Waals surface area contributed by atoms with E-state index in [0.717, 1.165) is 35.5 Å². The molecule has 0 bridgehead atoms. The Hall–Kier alpha value is -3.11. The van der Waals surface area contributed by atoms with Crippen molar-refractivity contribution in [2.75, 3.05) is 24.8 Å². The van der Waals surface area contributed by atoms with Crippen molar-refractivity contribution < 1.29 is 19.1 Å². The van der Waals surface area contributed by atoms with E-state index in [4.69, 9.17) is 9.47 Å². The average Bonchev–Trinajstić information content (AvgIpc) is 3.47. The lowest BCUT2D eigenvalue weighted by Crippen LogP contribution is -2.16. The van der Waals surface area contributed by atoms with E-state index in [1.54, 1.807) is 12.1 Å². The van der Waals surface area contributed by atoms with Gasteiger partial charge in [-0.25, -0.2) is 4.79 Å². The van der Waals surface area contributed by atoms with Crippen LogP contribution in [-0.4, -0.2) is 46.1 Å². The van der Waals surface area contributed by atoms with Gasteiger partial charge in [0, 0.05) is 17.0 Å². The molecule has 1 N–H and O–H groups in total. The molecule has 2 aromatic heterocycles. The maximum Gasteiger partial charge on any atom is 0.340 e. The highest BCUT2D eigenvalue weighted by Crippen LogP contribution is 2.30. The summed E-state index contributed by atoms with van der Waals surface area (Å²) in [5.41, 5.74) is 1.26. The standard InChI is InChI=1S/C25H30N4O4S2/c1-5-8-14-33-18-11-9-17(10-12-18)22-27-28-25(29(22)13-6-2)34-16-21(30)26-23-20(24(31)32-4)15-19(7-3)35-23/h6,9-12,15H,2,5,7-8,13-14,16H2,1,3-4H3,(H,26,30). The predicted octanol–water partition coefficient (Wildman–Crippen LogP) is 5.45. The van der Waals surface area contributed by atoms with Gasteiger partial charge in [-0.3, -0.25) is 9.36 Å². The summed E-state index contributed by atoms with van der Waals surface area (Å²) in [6.45, 7) is 9.14. The minimum absolute atomic E-state index is 0.111. The molecule has 0 fully saturated rings. The number of nitrogens with one attached hydrogen (secondary N) is 1. The van der Waals surface area contributed by atoms with Gasteiger partial charge in [0.15, 0.2) is 11.0 Å². The number of thiophene rings is 1. The fourth-order valence-electron chi connectivity index (χ4n) is 3.20. The maximum atomic E-state index is 12.7. The Morgan fingerprint density at radius 2 is 2.00 bits per heavy atom. The van der Waals surface area contributed by atoms with Crippen molar-refractivity contribution in [3.8, 4) is 17.1 Å². The van der Waals surface area contributed by atoms with Gasteiger partial charge >= 0.3 is 5.97 Å². The van der Waals surface area contributed by atoms with Crippen molar-refractivity contribution in [1.29, 1.82) is 0 Å². The number of aryl methyl sites for hydroxylation is 1. The summed E-state index contributed by atoms with van der Waals surface area (Å²) in [4.78, 5) is 25.7. The Bertz CT molecular complexity index is 1150. The SMILES string of the molecule is C=CCn1c(SCC(=O)Nc2sc(CC)cc2C(=O)OC)nnc1-c1ccc(OCCCC)cc1. The fourth-order valence-corrected chi connectivity index (χ4v) is 4.95. The number of carbonyl (C=O) groups is 2. The molecule has 10 heteroatoms. The van der Waals surface area contributed by atoms with Crippen molar-refractivity contribution in [3.05, 3.63) is 53.4 Å². The highest BCUT2D eigenvalue weighted by molar-refractivity contribution is 7.99. The lowest BCUT2D eigenvalue weighted by molar-refractivity contribution is -0.113. The Morgan fingerprint density at radius 3 is 2.66 bits per heavy atom. The van der Waals surface area contributed by atoms with Gasteiger partial charge in [0.05, 0.1) is 25.0 Å². The summed E-state index contributed by atoms with van der Waals surface area (Å²) in [5.74, 6) is 0.898. The summed E-state index contributed by atoms with van der Waals surface area (Å²) in [6, 6.07) is 9.49. The molecular weight excluding hydrogens is 484 g/mol. The van der Waals surface area contributed by atoms with Gasteiger partial charge in [0.2, 0.25) is 5.91 Å². The molecule has 3 rings (SSSR count). The number of ether oxygens (including phenoxy) is 2. The third kappa shape index (κ3) is 6.95. The normalized spacial score (nSPS) is 10.7. The van der Waals surface area contributed by atoms with E-state index >= 15 is 0 Å². The quantitative estimate of drug-likeness (QED) is 0.140. The van der Waals surface area contributed by atoms with Gasteiger partial charge in [0.25, 0.3) is 0 Å². The fraction of sp³-hybridized carbons (Fsp3) is 0.360. The molecule has 0 unspecified atom stereocenters. The number of aromatic nitrogens is 3. The second-order valence-electron chi connectivity index (χ2n) is 7.57.